The van der Waals surface area contributed by atoms with Crippen LogP contribution >= 0.6 is 0 Å². The third-order valence-corrected chi connectivity index (χ3v) is 4.66. The number of hydrogen-bond acceptors (Lipinski definition) is 4. The van der Waals surface area contributed by atoms with E-state index < -0.39 is 5.91 Å². The first-order chi connectivity index (χ1) is 13.1. The second kappa shape index (κ2) is 8.86. The van der Waals surface area contributed by atoms with Gasteiger partial charge in [-0.2, -0.15) is 0 Å². The Morgan fingerprint density at radius 2 is 2.07 bits per heavy atom. The fourth-order valence-corrected chi connectivity index (χ4v) is 3.53. The molecule has 2 aromatic carbocycles. The van der Waals surface area contributed by atoms with E-state index in [1.54, 1.807) is 18.2 Å². The van der Waals surface area contributed by atoms with Crippen LogP contribution in [0.25, 0.3) is 0 Å². The van der Waals surface area contributed by atoms with Crippen molar-refractivity contribution in [2.45, 2.75) is 32.4 Å². The molecule has 27 heavy (non-hydrogen) atoms. The van der Waals surface area contributed by atoms with Crippen LogP contribution in [-0.4, -0.2) is 30.6 Å². The molecular weight excluding hydrogens is 347 g/mol. The van der Waals surface area contributed by atoms with Crippen molar-refractivity contribution < 1.29 is 18.7 Å². The van der Waals surface area contributed by atoms with E-state index in [9.17, 15) is 9.18 Å². The van der Waals surface area contributed by atoms with Crippen molar-refractivity contribution in [1.82, 2.24) is 4.90 Å². The summed E-state index contributed by atoms with van der Waals surface area (Å²) in [5, 5.41) is 0. The fraction of sp³-hybridized carbons (Fsp3) is 0.381. The summed E-state index contributed by atoms with van der Waals surface area (Å²) in [5.41, 5.74) is 7.24. The van der Waals surface area contributed by atoms with Crippen molar-refractivity contribution in [3.05, 3.63) is 59.4 Å². The molecule has 1 unspecified atom stereocenters. The summed E-state index contributed by atoms with van der Waals surface area (Å²) in [6.45, 7) is 3.90. The molecule has 144 valence electrons. The Morgan fingerprint density at radius 1 is 1.22 bits per heavy atom. The molecule has 1 atom stereocenters. The molecule has 0 spiro atoms. The average Bonchev–Trinajstić information content (AvgIpc) is 3.09. The fourth-order valence-electron chi connectivity index (χ4n) is 3.53. The van der Waals surface area contributed by atoms with Gasteiger partial charge in [0.15, 0.2) is 18.1 Å². The molecule has 1 fully saturated rings. The molecule has 0 saturated carbocycles. The smallest absolute Gasteiger partial charge is 0.255 e. The standard InChI is InChI=1S/C21H25FN2O3/c1-2-26-20-11-15(8-9-19(20)27-14-21(23)25)13-24-10-4-7-18(24)16-5-3-6-17(22)12-16/h3,5-6,8-9,11-12,18H,2,4,7,10,13-14H2,1H3,(H2,23,25). The van der Waals surface area contributed by atoms with Gasteiger partial charge in [0, 0.05) is 12.6 Å². The number of benzene rings is 2. The molecule has 2 aromatic rings. The highest BCUT2D eigenvalue weighted by molar-refractivity contribution is 5.75. The van der Waals surface area contributed by atoms with Gasteiger partial charge in [0.2, 0.25) is 0 Å². The van der Waals surface area contributed by atoms with Gasteiger partial charge in [-0.15, -0.1) is 0 Å². The predicted octanol–water partition coefficient (Wildman–Crippen LogP) is 3.43. The number of nitrogens with zero attached hydrogens (tertiary/aromatic N) is 1. The van der Waals surface area contributed by atoms with Crippen molar-refractivity contribution >= 4 is 5.91 Å². The minimum Gasteiger partial charge on any atom is -0.490 e. The number of primary amides is 1. The monoisotopic (exact) mass is 372 g/mol. The van der Waals surface area contributed by atoms with Gasteiger partial charge in [-0.3, -0.25) is 9.69 Å². The summed E-state index contributed by atoms with van der Waals surface area (Å²) in [7, 11) is 0. The van der Waals surface area contributed by atoms with E-state index in [4.69, 9.17) is 15.2 Å². The molecule has 2 N–H and O–H groups in total. The SMILES string of the molecule is CCOc1cc(CN2CCCC2c2cccc(F)c2)ccc1OCC(N)=O. The molecule has 1 amide bonds. The lowest BCUT2D eigenvalue weighted by Crippen LogP contribution is -2.23. The topological polar surface area (TPSA) is 64.8 Å². The molecule has 5 nitrogen and oxygen atoms in total. The van der Waals surface area contributed by atoms with Crippen molar-refractivity contribution in [3.8, 4) is 11.5 Å². The van der Waals surface area contributed by atoms with Gasteiger partial charge in [-0.25, -0.2) is 4.39 Å². The number of likely N-dealkylation sites (tertiary alicyclic amines) is 1. The van der Waals surface area contributed by atoms with Crippen molar-refractivity contribution in [3.63, 3.8) is 0 Å². The van der Waals surface area contributed by atoms with Crippen LogP contribution in [-0.2, 0) is 11.3 Å². The number of halogens is 1. The number of amides is 1. The van der Waals surface area contributed by atoms with Crippen molar-refractivity contribution in [1.29, 1.82) is 0 Å². The van der Waals surface area contributed by atoms with Gasteiger partial charge in [-0.1, -0.05) is 18.2 Å². The molecule has 1 saturated heterocycles. The Kier molecular flexibility index (Phi) is 6.29. The highest BCUT2D eigenvalue weighted by Crippen LogP contribution is 2.35. The van der Waals surface area contributed by atoms with Crippen LogP contribution in [0.3, 0.4) is 0 Å². The third kappa shape index (κ3) is 4.98. The lowest BCUT2D eigenvalue weighted by molar-refractivity contribution is -0.119. The van der Waals surface area contributed by atoms with Crippen LogP contribution in [0.5, 0.6) is 11.5 Å². The minimum absolute atomic E-state index is 0.187. The number of ether oxygens (including phenoxy) is 2. The maximum atomic E-state index is 13.6. The second-order valence-corrected chi connectivity index (χ2v) is 6.65. The molecule has 3 rings (SSSR count). The van der Waals surface area contributed by atoms with Gasteiger partial charge in [0.1, 0.15) is 5.82 Å². The lowest BCUT2D eigenvalue weighted by atomic mass is 10.0. The summed E-state index contributed by atoms with van der Waals surface area (Å²) in [6.07, 6.45) is 2.10. The van der Waals surface area contributed by atoms with Crippen LogP contribution in [0, 0.1) is 5.82 Å². The zero-order chi connectivity index (χ0) is 19.2. The van der Waals surface area contributed by atoms with Crippen molar-refractivity contribution in [2.24, 2.45) is 5.73 Å². The summed E-state index contributed by atoms with van der Waals surface area (Å²) in [5.74, 6) is 0.366. The molecule has 0 aliphatic carbocycles. The molecule has 0 aromatic heterocycles. The Bertz CT molecular complexity index is 797. The van der Waals surface area contributed by atoms with Crippen LogP contribution in [0.4, 0.5) is 4.39 Å². The molecule has 0 radical (unpaired) electrons. The normalized spacial score (nSPS) is 17.0. The summed E-state index contributed by atoms with van der Waals surface area (Å²) >= 11 is 0. The first-order valence-corrected chi connectivity index (χ1v) is 9.23. The van der Waals surface area contributed by atoms with Gasteiger partial charge in [-0.05, 0) is 61.7 Å². The maximum Gasteiger partial charge on any atom is 0.255 e. The highest BCUT2D eigenvalue weighted by atomic mass is 19.1. The first-order valence-electron chi connectivity index (χ1n) is 9.23. The summed E-state index contributed by atoms with van der Waals surface area (Å²) in [4.78, 5) is 13.3. The number of nitrogens with two attached hydrogens (primary N) is 1. The number of carbonyl (C=O) groups is 1. The Labute approximate surface area is 158 Å². The van der Waals surface area contributed by atoms with Gasteiger partial charge >= 0.3 is 0 Å². The van der Waals surface area contributed by atoms with E-state index in [0.717, 1.165) is 37.1 Å². The van der Waals surface area contributed by atoms with Crippen LogP contribution < -0.4 is 15.2 Å². The number of carbonyl (C=O) groups excluding carboxylic acids is 1. The van der Waals surface area contributed by atoms with E-state index >= 15 is 0 Å². The Balaban J connectivity index is 1.75. The Morgan fingerprint density at radius 3 is 2.81 bits per heavy atom. The molecule has 6 heteroatoms. The molecule has 0 bridgehead atoms. The highest BCUT2D eigenvalue weighted by Gasteiger charge is 2.26. The number of hydrogen-bond donors (Lipinski definition) is 1. The summed E-state index contributed by atoms with van der Waals surface area (Å²) < 4.78 is 24.7. The molecule has 1 heterocycles. The second-order valence-electron chi connectivity index (χ2n) is 6.65. The molecular formula is C21H25FN2O3. The Hall–Kier alpha value is -2.60. The van der Waals surface area contributed by atoms with Gasteiger partial charge < -0.3 is 15.2 Å². The average molecular weight is 372 g/mol. The van der Waals surface area contributed by atoms with E-state index in [1.807, 2.05) is 25.1 Å². The van der Waals surface area contributed by atoms with E-state index in [0.29, 0.717) is 18.1 Å². The lowest BCUT2D eigenvalue weighted by Gasteiger charge is -2.25. The zero-order valence-corrected chi connectivity index (χ0v) is 15.5. The van der Waals surface area contributed by atoms with Crippen LogP contribution in [0.1, 0.15) is 36.9 Å². The minimum atomic E-state index is -0.531. The quantitative estimate of drug-likeness (QED) is 0.771. The van der Waals surface area contributed by atoms with Crippen LogP contribution in [0.2, 0.25) is 0 Å². The third-order valence-electron chi connectivity index (χ3n) is 4.66. The summed E-state index contributed by atoms with van der Waals surface area (Å²) in [6, 6.07) is 12.7. The largest absolute Gasteiger partial charge is 0.490 e. The predicted molar refractivity (Wildman–Crippen MR) is 101 cm³/mol. The van der Waals surface area contributed by atoms with Gasteiger partial charge in [0.05, 0.1) is 6.61 Å². The van der Waals surface area contributed by atoms with E-state index in [-0.39, 0.29) is 18.5 Å². The number of rotatable bonds is 8. The maximum absolute atomic E-state index is 13.6. The van der Waals surface area contributed by atoms with E-state index in [2.05, 4.69) is 4.90 Å². The van der Waals surface area contributed by atoms with Crippen LogP contribution in [0.15, 0.2) is 42.5 Å². The van der Waals surface area contributed by atoms with E-state index in [1.165, 1.54) is 6.07 Å². The first kappa shape index (κ1) is 19.2. The van der Waals surface area contributed by atoms with Gasteiger partial charge in [0.25, 0.3) is 5.91 Å². The molecule has 1 aliphatic heterocycles. The zero-order valence-electron chi connectivity index (χ0n) is 15.5. The molecule has 1 aliphatic rings. The van der Waals surface area contributed by atoms with Crippen molar-refractivity contribution in [2.75, 3.05) is 19.8 Å².